The molecule has 0 spiro atoms. The Hall–Kier alpha value is -3.58. The van der Waals surface area contributed by atoms with E-state index in [2.05, 4.69) is 26.9 Å². The van der Waals surface area contributed by atoms with Crippen LogP contribution in [-0.4, -0.2) is 22.2 Å². The maximum absolute atomic E-state index is 14.6. The predicted molar refractivity (Wildman–Crippen MR) is 122 cm³/mol. The summed E-state index contributed by atoms with van der Waals surface area (Å²) >= 11 is 6.10. The molecule has 6 nitrogen and oxygen atoms in total. The molecule has 0 fully saturated rings. The van der Waals surface area contributed by atoms with E-state index < -0.39 is 5.82 Å². The number of anilines is 2. The van der Waals surface area contributed by atoms with E-state index in [0.29, 0.717) is 39.6 Å². The first-order valence-corrected chi connectivity index (χ1v) is 10.0. The van der Waals surface area contributed by atoms with Gasteiger partial charge in [-0.1, -0.05) is 31.2 Å². The lowest BCUT2D eigenvalue weighted by molar-refractivity contribution is 0.630. The fourth-order valence-corrected chi connectivity index (χ4v) is 3.69. The smallest absolute Gasteiger partial charge is 0.155 e. The third kappa shape index (κ3) is 3.92. The van der Waals surface area contributed by atoms with Crippen molar-refractivity contribution >= 4 is 34.9 Å². The number of fused-ring (bicyclic) bond motifs is 1. The Balaban J connectivity index is 1.99. The molecule has 156 valence electrons. The number of hydrogen-bond donors (Lipinski definition) is 3. The highest BCUT2D eigenvalue weighted by Gasteiger charge is 2.19. The zero-order chi connectivity index (χ0) is 22.1. The van der Waals surface area contributed by atoms with Crippen molar-refractivity contribution < 1.29 is 4.39 Å². The lowest BCUT2D eigenvalue weighted by atomic mass is 9.96. The van der Waals surface area contributed by atoms with Gasteiger partial charge in [-0.2, -0.15) is 0 Å². The minimum absolute atomic E-state index is 0.182. The van der Waals surface area contributed by atoms with E-state index >= 15 is 0 Å². The van der Waals surface area contributed by atoms with Gasteiger partial charge in [-0.3, -0.25) is 10.4 Å². The number of aromatic nitrogens is 2. The Bertz CT molecular complexity index is 1330. The first-order valence-electron chi connectivity index (χ1n) is 9.63. The molecule has 1 aliphatic rings. The molecule has 1 atom stereocenters. The zero-order valence-corrected chi connectivity index (χ0v) is 17.5. The molecule has 0 aliphatic carbocycles. The van der Waals surface area contributed by atoms with Crippen LogP contribution in [0.15, 0.2) is 54.3 Å². The predicted octanol–water partition coefficient (Wildman–Crippen LogP) is 3.54. The number of nitrogens with zero attached hydrogens (tertiary/aromatic N) is 3. The number of pyridine rings is 2. The standard InChI is InChI=1S/C23H20ClFN6/c1-3-28-21-14(6-7-29-22(21)27)20(26)15-10-19(17-9-13(24)4-5-18(17)25)31-23-16(15)8-12(2)11-30-23/h3-10,12,26,28H,1,11H2,2H3,(H2,27,29). The molecule has 2 aromatic heterocycles. The van der Waals surface area contributed by atoms with E-state index in [9.17, 15) is 4.39 Å². The van der Waals surface area contributed by atoms with Crippen LogP contribution in [0.5, 0.6) is 0 Å². The number of nitrogens with one attached hydrogen (secondary N) is 2. The molecule has 3 aromatic rings. The van der Waals surface area contributed by atoms with Crippen molar-refractivity contribution in [2.45, 2.75) is 6.92 Å². The second-order valence-electron chi connectivity index (χ2n) is 7.24. The van der Waals surface area contributed by atoms with Crippen molar-refractivity contribution in [2.24, 2.45) is 10.9 Å². The highest BCUT2D eigenvalue weighted by atomic mass is 35.5. The summed E-state index contributed by atoms with van der Waals surface area (Å²) in [5.41, 5.74) is 8.84. The number of rotatable bonds is 5. The molecule has 4 rings (SSSR count). The van der Waals surface area contributed by atoms with E-state index in [-0.39, 0.29) is 23.0 Å². The van der Waals surface area contributed by atoms with Crippen LogP contribution >= 0.6 is 11.6 Å². The summed E-state index contributed by atoms with van der Waals surface area (Å²) in [5.74, 6) is -0.0271. The summed E-state index contributed by atoms with van der Waals surface area (Å²) in [4.78, 5) is 13.2. The number of nitrogen functional groups attached to an aromatic ring is 1. The van der Waals surface area contributed by atoms with E-state index in [4.69, 9.17) is 22.7 Å². The van der Waals surface area contributed by atoms with Crippen molar-refractivity contribution in [3.05, 3.63) is 82.0 Å². The van der Waals surface area contributed by atoms with Crippen molar-refractivity contribution in [3.8, 4) is 11.3 Å². The fraction of sp³-hybridized carbons (Fsp3) is 0.130. The van der Waals surface area contributed by atoms with Crippen LogP contribution in [0.1, 0.15) is 18.1 Å². The van der Waals surface area contributed by atoms with Crippen LogP contribution in [0, 0.1) is 17.1 Å². The first kappa shape index (κ1) is 20.7. The van der Waals surface area contributed by atoms with Gasteiger partial charge in [0.15, 0.2) is 5.49 Å². The van der Waals surface area contributed by atoms with Gasteiger partial charge in [-0.25, -0.2) is 14.4 Å². The number of hydrogen-bond acceptors (Lipinski definition) is 6. The largest absolute Gasteiger partial charge is 0.382 e. The minimum Gasteiger partial charge on any atom is -0.382 e. The monoisotopic (exact) mass is 434 g/mol. The molecule has 31 heavy (non-hydrogen) atoms. The van der Waals surface area contributed by atoms with Gasteiger partial charge in [0.05, 0.1) is 17.1 Å². The van der Waals surface area contributed by atoms with Gasteiger partial charge in [0.25, 0.3) is 0 Å². The topological polar surface area (TPSA) is 100 Å². The minimum atomic E-state index is -0.454. The van der Waals surface area contributed by atoms with Crippen LogP contribution in [0.25, 0.3) is 17.3 Å². The molecule has 1 aliphatic heterocycles. The Morgan fingerprint density at radius 1 is 1.32 bits per heavy atom. The lowest BCUT2D eigenvalue weighted by Gasteiger charge is -2.16. The summed E-state index contributed by atoms with van der Waals surface area (Å²) < 4.78 is 14.6. The molecule has 3 heterocycles. The van der Waals surface area contributed by atoms with Crippen LogP contribution in [0.2, 0.25) is 5.02 Å². The van der Waals surface area contributed by atoms with Gasteiger partial charge in [-0.15, -0.1) is 0 Å². The number of nitrogens with two attached hydrogens (primary N) is 1. The zero-order valence-electron chi connectivity index (χ0n) is 16.8. The molecule has 1 unspecified atom stereocenters. The van der Waals surface area contributed by atoms with Crippen molar-refractivity contribution in [1.82, 2.24) is 9.97 Å². The molecule has 1 aromatic carbocycles. The molecule has 0 amide bonds. The summed E-state index contributed by atoms with van der Waals surface area (Å²) in [7, 11) is 0. The van der Waals surface area contributed by atoms with Gasteiger partial charge < -0.3 is 11.1 Å². The van der Waals surface area contributed by atoms with Gasteiger partial charge in [0.2, 0.25) is 0 Å². The Morgan fingerprint density at radius 3 is 2.90 bits per heavy atom. The highest BCUT2D eigenvalue weighted by Crippen LogP contribution is 2.27. The summed E-state index contributed by atoms with van der Waals surface area (Å²) in [6, 6.07) is 7.68. The molecule has 0 bridgehead atoms. The molecule has 4 N–H and O–H groups in total. The maximum atomic E-state index is 14.6. The number of halogens is 2. The van der Waals surface area contributed by atoms with Gasteiger partial charge in [0, 0.05) is 39.7 Å². The molecular weight excluding hydrogens is 415 g/mol. The second kappa shape index (κ2) is 8.28. The van der Waals surface area contributed by atoms with Crippen molar-refractivity contribution in [1.29, 1.82) is 5.41 Å². The van der Waals surface area contributed by atoms with E-state index in [1.54, 1.807) is 12.1 Å². The van der Waals surface area contributed by atoms with E-state index in [1.807, 2.05) is 13.0 Å². The van der Waals surface area contributed by atoms with E-state index in [1.165, 1.54) is 30.6 Å². The van der Waals surface area contributed by atoms with Gasteiger partial charge >= 0.3 is 0 Å². The third-order valence-electron chi connectivity index (χ3n) is 4.99. The normalized spacial score (nSPS) is 14.7. The summed E-state index contributed by atoms with van der Waals surface area (Å²) in [6.07, 6.45) is 5.04. The highest BCUT2D eigenvalue weighted by molar-refractivity contribution is 6.30. The van der Waals surface area contributed by atoms with Crippen molar-refractivity contribution in [2.75, 3.05) is 17.6 Å². The molecule has 0 radical (unpaired) electrons. The van der Waals surface area contributed by atoms with Crippen LogP contribution in [0.4, 0.5) is 15.9 Å². The molecular formula is C23H20ClFN6. The van der Waals surface area contributed by atoms with E-state index in [0.717, 1.165) is 5.22 Å². The first-order chi connectivity index (χ1) is 14.9. The maximum Gasteiger partial charge on any atom is 0.155 e. The van der Waals surface area contributed by atoms with Gasteiger partial charge in [0.1, 0.15) is 11.6 Å². The SMILES string of the molecule is C=CNc1c(C(=N)c2cc(-c3cc(Cl)ccc3F)nc3c2=CC(C)CN=3)ccnc1N. The third-order valence-corrected chi connectivity index (χ3v) is 5.22. The fourth-order valence-electron chi connectivity index (χ4n) is 3.52. The summed E-state index contributed by atoms with van der Waals surface area (Å²) in [6.45, 7) is 6.28. The van der Waals surface area contributed by atoms with Gasteiger partial charge in [-0.05, 0) is 42.4 Å². The second-order valence-corrected chi connectivity index (χ2v) is 7.68. The van der Waals surface area contributed by atoms with Crippen LogP contribution < -0.4 is 21.8 Å². The average molecular weight is 435 g/mol. The Kier molecular flexibility index (Phi) is 5.52. The lowest BCUT2D eigenvalue weighted by Crippen LogP contribution is -2.38. The quantitative estimate of drug-likeness (QED) is 0.535. The average Bonchev–Trinajstić information content (AvgIpc) is 2.76. The van der Waals surface area contributed by atoms with Crippen LogP contribution in [0.3, 0.4) is 0 Å². The number of benzene rings is 1. The summed E-state index contributed by atoms with van der Waals surface area (Å²) in [5, 5.41) is 13.1. The molecule has 0 saturated carbocycles. The molecule has 8 heteroatoms. The Morgan fingerprint density at radius 2 is 2.13 bits per heavy atom. The van der Waals surface area contributed by atoms with Crippen LogP contribution in [-0.2, 0) is 0 Å². The van der Waals surface area contributed by atoms with Crippen molar-refractivity contribution in [3.63, 3.8) is 0 Å². The Labute approximate surface area is 183 Å². The molecule has 0 saturated heterocycles.